The predicted octanol–water partition coefficient (Wildman–Crippen LogP) is 4.87. The van der Waals surface area contributed by atoms with Gasteiger partial charge in [-0.1, -0.05) is 22.0 Å². The fourth-order valence-electron chi connectivity index (χ4n) is 1.79. The summed E-state index contributed by atoms with van der Waals surface area (Å²) in [5, 5.41) is 2.41. The Morgan fingerprint density at radius 2 is 1.83 bits per heavy atom. The minimum atomic E-state index is -4.46. The minimum Gasteiger partial charge on any atom is -0.481 e. The number of carbonyl (C=O) groups is 1. The van der Waals surface area contributed by atoms with Crippen LogP contribution in [0.1, 0.15) is 12.5 Å². The van der Waals surface area contributed by atoms with Crippen molar-refractivity contribution in [2.45, 2.75) is 19.2 Å². The molecule has 0 heterocycles. The van der Waals surface area contributed by atoms with Gasteiger partial charge >= 0.3 is 6.18 Å². The van der Waals surface area contributed by atoms with Crippen molar-refractivity contribution in [3.63, 3.8) is 0 Å². The lowest BCUT2D eigenvalue weighted by molar-refractivity contribution is -0.137. The van der Waals surface area contributed by atoms with Gasteiger partial charge in [0, 0.05) is 10.2 Å². The molecule has 122 valence electrons. The van der Waals surface area contributed by atoms with Gasteiger partial charge in [0.15, 0.2) is 6.10 Å². The van der Waals surface area contributed by atoms with Gasteiger partial charge in [0.2, 0.25) is 0 Å². The van der Waals surface area contributed by atoms with Gasteiger partial charge in [-0.3, -0.25) is 4.79 Å². The molecule has 0 aliphatic rings. The first-order valence-corrected chi connectivity index (χ1v) is 7.45. The van der Waals surface area contributed by atoms with E-state index in [4.69, 9.17) is 4.74 Å². The maximum absolute atomic E-state index is 12.6. The number of alkyl halides is 3. The molecule has 3 nitrogen and oxygen atoms in total. The highest BCUT2D eigenvalue weighted by Crippen LogP contribution is 2.30. The Balaban J connectivity index is 2.02. The number of halogens is 4. The Kier molecular flexibility index (Phi) is 5.30. The number of nitrogens with one attached hydrogen (secondary N) is 1. The SMILES string of the molecule is C[C@@H](Oc1ccc(Br)cc1)C(=O)Nc1cccc(C(F)(F)F)c1. The van der Waals surface area contributed by atoms with Crippen LogP contribution in [0, 0.1) is 0 Å². The molecule has 0 saturated heterocycles. The Hall–Kier alpha value is -2.02. The van der Waals surface area contributed by atoms with Gasteiger partial charge in [0.1, 0.15) is 5.75 Å². The molecule has 0 fully saturated rings. The number of hydrogen-bond donors (Lipinski definition) is 1. The minimum absolute atomic E-state index is 0.0658. The molecule has 0 aliphatic heterocycles. The summed E-state index contributed by atoms with van der Waals surface area (Å²) in [5.41, 5.74) is -0.757. The lowest BCUT2D eigenvalue weighted by Crippen LogP contribution is -2.30. The number of hydrogen-bond acceptors (Lipinski definition) is 2. The number of amides is 1. The molecule has 2 aromatic carbocycles. The van der Waals surface area contributed by atoms with Gasteiger partial charge in [-0.2, -0.15) is 13.2 Å². The molecule has 1 N–H and O–H groups in total. The Morgan fingerprint density at radius 3 is 2.43 bits per heavy atom. The zero-order valence-electron chi connectivity index (χ0n) is 12.0. The topological polar surface area (TPSA) is 38.3 Å². The van der Waals surface area contributed by atoms with Crippen molar-refractivity contribution >= 4 is 27.5 Å². The highest BCUT2D eigenvalue weighted by atomic mass is 79.9. The van der Waals surface area contributed by atoms with Crippen LogP contribution in [0.5, 0.6) is 5.75 Å². The lowest BCUT2D eigenvalue weighted by atomic mass is 10.2. The highest BCUT2D eigenvalue weighted by molar-refractivity contribution is 9.10. The lowest BCUT2D eigenvalue weighted by Gasteiger charge is -2.15. The molecule has 0 aliphatic carbocycles. The van der Waals surface area contributed by atoms with E-state index < -0.39 is 23.8 Å². The van der Waals surface area contributed by atoms with Gasteiger partial charge in [0.05, 0.1) is 5.56 Å². The van der Waals surface area contributed by atoms with E-state index in [9.17, 15) is 18.0 Å². The average molecular weight is 388 g/mol. The van der Waals surface area contributed by atoms with Gasteiger partial charge in [-0.25, -0.2) is 0 Å². The van der Waals surface area contributed by atoms with Crippen molar-refractivity contribution in [2.24, 2.45) is 0 Å². The third-order valence-electron chi connectivity index (χ3n) is 2.95. The van der Waals surface area contributed by atoms with Crippen molar-refractivity contribution in [3.05, 3.63) is 58.6 Å². The third-order valence-corrected chi connectivity index (χ3v) is 3.48. The van der Waals surface area contributed by atoms with Crippen LogP contribution < -0.4 is 10.1 Å². The molecule has 23 heavy (non-hydrogen) atoms. The van der Waals surface area contributed by atoms with Crippen LogP contribution in [-0.2, 0) is 11.0 Å². The molecule has 1 atom stereocenters. The zero-order chi connectivity index (χ0) is 17.0. The van der Waals surface area contributed by atoms with Crippen LogP contribution in [0.25, 0.3) is 0 Å². The molecule has 7 heteroatoms. The summed E-state index contributed by atoms with van der Waals surface area (Å²) in [6.45, 7) is 1.52. The smallest absolute Gasteiger partial charge is 0.416 e. The molecule has 0 spiro atoms. The molecule has 2 aromatic rings. The second kappa shape index (κ2) is 7.04. The maximum Gasteiger partial charge on any atom is 0.416 e. The Morgan fingerprint density at radius 1 is 1.17 bits per heavy atom. The van der Waals surface area contributed by atoms with E-state index in [-0.39, 0.29) is 5.69 Å². The molecule has 0 bridgehead atoms. The third kappa shape index (κ3) is 4.99. The van der Waals surface area contributed by atoms with Crippen molar-refractivity contribution in [1.29, 1.82) is 0 Å². The Labute approximate surface area is 139 Å². The molecule has 1 amide bonds. The summed E-state index contributed by atoms with van der Waals surface area (Å²) in [6.07, 6.45) is -5.31. The fourth-order valence-corrected chi connectivity index (χ4v) is 2.05. The molecular weight excluding hydrogens is 375 g/mol. The normalized spacial score (nSPS) is 12.6. The van der Waals surface area contributed by atoms with E-state index in [2.05, 4.69) is 21.2 Å². The second-order valence-electron chi connectivity index (χ2n) is 4.78. The molecular formula is C16H13BrF3NO2. The number of ether oxygens (including phenoxy) is 1. The summed E-state index contributed by atoms with van der Waals surface area (Å²) in [6, 6.07) is 11.3. The van der Waals surface area contributed by atoms with Crippen molar-refractivity contribution in [1.82, 2.24) is 0 Å². The van der Waals surface area contributed by atoms with Crippen LogP contribution in [0.15, 0.2) is 53.0 Å². The predicted molar refractivity (Wildman–Crippen MR) is 84.3 cm³/mol. The first-order valence-electron chi connectivity index (χ1n) is 6.66. The number of carbonyl (C=O) groups excluding carboxylic acids is 1. The second-order valence-corrected chi connectivity index (χ2v) is 5.70. The van der Waals surface area contributed by atoms with Gasteiger partial charge in [-0.05, 0) is 49.4 Å². The van der Waals surface area contributed by atoms with Crippen molar-refractivity contribution < 1.29 is 22.7 Å². The monoisotopic (exact) mass is 387 g/mol. The zero-order valence-corrected chi connectivity index (χ0v) is 13.6. The number of rotatable bonds is 4. The van der Waals surface area contributed by atoms with E-state index in [1.807, 2.05) is 0 Å². The molecule has 0 saturated carbocycles. The molecule has 0 unspecified atom stereocenters. The summed E-state index contributed by atoms with van der Waals surface area (Å²) >= 11 is 3.28. The van der Waals surface area contributed by atoms with Gasteiger partial charge in [0.25, 0.3) is 5.91 Å². The molecule has 2 rings (SSSR count). The van der Waals surface area contributed by atoms with Gasteiger partial charge in [-0.15, -0.1) is 0 Å². The number of benzene rings is 2. The maximum atomic E-state index is 12.6. The van der Waals surface area contributed by atoms with Crippen LogP contribution in [0.2, 0.25) is 0 Å². The summed E-state index contributed by atoms with van der Waals surface area (Å²) in [4.78, 5) is 12.0. The summed E-state index contributed by atoms with van der Waals surface area (Å²) < 4.78 is 44.2. The van der Waals surface area contributed by atoms with Crippen LogP contribution in [-0.4, -0.2) is 12.0 Å². The van der Waals surface area contributed by atoms with E-state index in [1.165, 1.54) is 19.1 Å². The van der Waals surface area contributed by atoms with Crippen LogP contribution in [0.4, 0.5) is 18.9 Å². The largest absolute Gasteiger partial charge is 0.481 e. The number of anilines is 1. The Bertz CT molecular complexity index is 686. The van der Waals surface area contributed by atoms with E-state index in [1.54, 1.807) is 24.3 Å². The van der Waals surface area contributed by atoms with E-state index in [0.717, 1.165) is 16.6 Å². The molecule has 0 aromatic heterocycles. The fraction of sp³-hybridized carbons (Fsp3) is 0.188. The van der Waals surface area contributed by atoms with Crippen molar-refractivity contribution in [3.8, 4) is 5.75 Å². The van der Waals surface area contributed by atoms with Gasteiger partial charge < -0.3 is 10.1 Å². The molecule has 0 radical (unpaired) electrons. The first kappa shape index (κ1) is 17.3. The van der Waals surface area contributed by atoms with Crippen LogP contribution in [0.3, 0.4) is 0 Å². The summed E-state index contributed by atoms with van der Waals surface area (Å²) in [7, 11) is 0. The van der Waals surface area contributed by atoms with Crippen molar-refractivity contribution in [2.75, 3.05) is 5.32 Å². The first-order chi connectivity index (χ1) is 10.8. The van der Waals surface area contributed by atoms with E-state index >= 15 is 0 Å². The van der Waals surface area contributed by atoms with E-state index in [0.29, 0.717) is 5.75 Å². The standard InChI is InChI=1S/C16H13BrF3NO2/c1-10(23-14-7-5-12(17)6-8-14)15(22)21-13-4-2-3-11(9-13)16(18,19)20/h2-10H,1H3,(H,21,22)/t10-/m1/s1. The summed E-state index contributed by atoms with van der Waals surface area (Å²) in [5.74, 6) is -0.0489. The average Bonchev–Trinajstić information content (AvgIpc) is 2.49. The highest BCUT2D eigenvalue weighted by Gasteiger charge is 2.30. The van der Waals surface area contributed by atoms with Crippen LogP contribution >= 0.6 is 15.9 Å². The quantitative estimate of drug-likeness (QED) is 0.812.